The molecule has 18 heavy (non-hydrogen) atoms. The second-order valence-electron chi connectivity index (χ2n) is 3.52. The van der Waals surface area contributed by atoms with E-state index in [1.807, 2.05) is 0 Å². The zero-order chi connectivity index (χ0) is 13.2. The number of methoxy groups -OCH3 is 1. The zero-order valence-electron chi connectivity index (χ0n) is 9.40. The van der Waals surface area contributed by atoms with E-state index >= 15 is 0 Å². The number of halogens is 3. The number of benzene rings is 1. The summed E-state index contributed by atoms with van der Waals surface area (Å²) in [5.74, 6) is 0.324. The second kappa shape index (κ2) is 4.64. The molecule has 0 aliphatic heterocycles. The minimum atomic E-state index is -4.34. The maximum absolute atomic E-state index is 12.4. The van der Waals surface area contributed by atoms with E-state index in [1.54, 1.807) is 0 Å². The molecule has 0 amide bonds. The molecule has 2 rings (SSSR count). The van der Waals surface area contributed by atoms with Crippen LogP contribution in [0.25, 0.3) is 11.1 Å². The molecule has 1 aromatic carbocycles. The van der Waals surface area contributed by atoms with E-state index < -0.39 is 11.7 Å². The van der Waals surface area contributed by atoms with E-state index in [0.29, 0.717) is 17.0 Å². The van der Waals surface area contributed by atoms with E-state index in [4.69, 9.17) is 4.74 Å². The topological polar surface area (TPSA) is 35.0 Å². The lowest BCUT2D eigenvalue weighted by molar-refractivity contribution is -0.137. The van der Waals surface area contributed by atoms with Gasteiger partial charge in [-0.15, -0.1) is 0 Å². The van der Waals surface area contributed by atoms with Gasteiger partial charge in [0, 0.05) is 6.20 Å². The van der Waals surface area contributed by atoms with Gasteiger partial charge in [0.25, 0.3) is 0 Å². The van der Waals surface area contributed by atoms with Gasteiger partial charge in [0.1, 0.15) is 6.33 Å². The van der Waals surface area contributed by atoms with Crippen LogP contribution < -0.4 is 4.74 Å². The Labute approximate surface area is 101 Å². The summed E-state index contributed by atoms with van der Waals surface area (Å²) in [5, 5.41) is 0. The highest BCUT2D eigenvalue weighted by Gasteiger charge is 2.30. The summed E-state index contributed by atoms with van der Waals surface area (Å²) < 4.78 is 42.3. The van der Waals surface area contributed by atoms with Crippen molar-refractivity contribution in [1.29, 1.82) is 0 Å². The van der Waals surface area contributed by atoms with Crippen LogP contribution in [0.2, 0.25) is 0 Å². The molecule has 1 aromatic heterocycles. The molecule has 2 aromatic rings. The number of nitrogens with zero attached hydrogens (tertiary/aromatic N) is 2. The molecule has 0 aliphatic rings. The number of rotatable bonds is 2. The zero-order valence-corrected chi connectivity index (χ0v) is 9.40. The largest absolute Gasteiger partial charge is 0.480 e. The van der Waals surface area contributed by atoms with Crippen molar-refractivity contribution in [3.8, 4) is 17.0 Å². The maximum atomic E-state index is 12.4. The third-order valence-electron chi connectivity index (χ3n) is 2.39. The first kappa shape index (κ1) is 12.3. The van der Waals surface area contributed by atoms with Gasteiger partial charge in [-0.05, 0) is 17.7 Å². The highest BCUT2D eigenvalue weighted by Crippen LogP contribution is 2.32. The highest BCUT2D eigenvalue weighted by atomic mass is 19.4. The van der Waals surface area contributed by atoms with Crippen LogP contribution in [-0.2, 0) is 6.18 Å². The minimum absolute atomic E-state index is 0.324. The van der Waals surface area contributed by atoms with Gasteiger partial charge in [-0.2, -0.15) is 13.2 Å². The number of hydrogen-bond donors (Lipinski definition) is 0. The summed E-state index contributed by atoms with van der Waals surface area (Å²) in [7, 11) is 1.44. The monoisotopic (exact) mass is 254 g/mol. The first-order valence-corrected chi connectivity index (χ1v) is 5.04. The first-order chi connectivity index (χ1) is 8.52. The second-order valence-corrected chi connectivity index (χ2v) is 3.52. The van der Waals surface area contributed by atoms with Gasteiger partial charge in [0.2, 0.25) is 5.88 Å². The Balaban J connectivity index is 2.41. The molecular weight excluding hydrogens is 245 g/mol. The van der Waals surface area contributed by atoms with E-state index in [1.165, 1.54) is 31.8 Å². The Morgan fingerprint density at radius 2 is 1.78 bits per heavy atom. The number of aromatic nitrogens is 2. The molecule has 0 radical (unpaired) electrons. The standard InChI is InChI=1S/C12H9F3N2O/c1-18-11-10(6-16-7-17-11)8-2-4-9(5-3-8)12(13,14)15/h2-7H,1H3. The first-order valence-electron chi connectivity index (χ1n) is 5.04. The van der Waals surface area contributed by atoms with Crippen LogP contribution in [0.3, 0.4) is 0 Å². The summed E-state index contributed by atoms with van der Waals surface area (Å²) in [4.78, 5) is 7.72. The molecule has 0 N–H and O–H groups in total. The van der Waals surface area contributed by atoms with Crippen LogP contribution in [-0.4, -0.2) is 17.1 Å². The number of alkyl halides is 3. The van der Waals surface area contributed by atoms with Crippen molar-refractivity contribution in [3.05, 3.63) is 42.4 Å². The van der Waals surface area contributed by atoms with Crippen molar-refractivity contribution in [3.63, 3.8) is 0 Å². The summed E-state index contributed by atoms with van der Waals surface area (Å²) >= 11 is 0. The average molecular weight is 254 g/mol. The highest BCUT2D eigenvalue weighted by molar-refractivity contribution is 5.67. The molecule has 94 valence electrons. The van der Waals surface area contributed by atoms with Crippen molar-refractivity contribution in [1.82, 2.24) is 9.97 Å². The fourth-order valence-electron chi connectivity index (χ4n) is 1.52. The van der Waals surface area contributed by atoms with Crippen LogP contribution in [0.5, 0.6) is 5.88 Å². The molecule has 0 spiro atoms. The van der Waals surface area contributed by atoms with Gasteiger partial charge in [0.15, 0.2) is 0 Å². The van der Waals surface area contributed by atoms with Gasteiger partial charge < -0.3 is 4.74 Å². The minimum Gasteiger partial charge on any atom is -0.480 e. The summed E-state index contributed by atoms with van der Waals surface area (Å²) in [6, 6.07) is 4.76. The van der Waals surface area contributed by atoms with E-state index in [2.05, 4.69) is 9.97 Å². The van der Waals surface area contributed by atoms with E-state index in [0.717, 1.165) is 12.1 Å². The van der Waals surface area contributed by atoms with Crippen LogP contribution in [0.1, 0.15) is 5.56 Å². The van der Waals surface area contributed by atoms with Crippen LogP contribution >= 0.6 is 0 Å². The van der Waals surface area contributed by atoms with Crippen LogP contribution in [0, 0.1) is 0 Å². The molecule has 3 nitrogen and oxygen atoms in total. The van der Waals surface area contributed by atoms with Crippen LogP contribution in [0.4, 0.5) is 13.2 Å². The fraction of sp³-hybridized carbons (Fsp3) is 0.167. The molecule has 1 heterocycles. The molecule has 0 unspecified atom stereocenters. The van der Waals surface area contributed by atoms with Crippen molar-refractivity contribution >= 4 is 0 Å². The Bertz CT molecular complexity index is 538. The Kier molecular flexibility index (Phi) is 3.18. The summed E-state index contributed by atoms with van der Waals surface area (Å²) in [5.41, 5.74) is 0.427. The lowest BCUT2D eigenvalue weighted by Crippen LogP contribution is -2.04. The third-order valence-corrected chi connectivity index (χ3v) is 2.39. The normalized spacial score (nSPS) is 11.3. The fourth-order valence-corrected chi connectivity index (χ4v) is 1.52. The van der Waals surface area contributed by atoms with Gasteiger partial charge in [0.05, 0.1) is 18.2 Å². The van der Waals surface area contributed by atoms with Crippen LogP contribution in [0.15, 0.2) is 36.8 Å². The molecule has 0 saturated carbocycles. The molecule has 0 fully saturated rings. The smallest absolute Gasteiger partial charge is 0.416 e. The van der Waals surface area contributed by atoms with Crippen molar-refractivity contribution in [2.24, 2.45) is 0 Å². The molecule has 0 bridgehead atoms. The van der Waals surface area contributed by atoms with Crippen molar-refractivity contribution in [2.45, 2.75) is 6.18 Å². The molecule has 6 heteroatoms. The van der Waals surface area contributed by atoms with Gasteiger partial charge >= 0.3 is 6.18 Å². The lowest BCUT2D eigenvalue weighted by Gasteiger charge is -2.09. The Morgan fingerprint density at radius 3 is 2.33 bits per heavy atom. The molecule has 0 atom stereocenters. The maximum Gasteiger partial charge on any atom is 0.416 e. The molecule has 0 saturated heterocycles. The van der Waals surface area contributed by atoms with Gasteiger partial charge in [-0.1, -0.05) is 12.1 Å². The molecule has 0 aliphatic carbocycles. The van der Waals surface area contributed by atoms with Crippen molar-refractivity contribution < 1.29 is 17.9 Å². The predicted molar refractivity (Wildman–Crippen MR) is 59.0 cm³/mol. The molecular formula is C12H9F3N2O. The van der Waals surface area contributed by atoms with Gasteiger partial charge in [-0.25, -0.2) is 9.97 Å². The third kappa shape index (κ3) is 2.42. The Hall–Kier alpha value is -2.11. The summed E-state index contributed by atoms with van der Waals surface area (Å²) in [6.45, 7) is 0. The van der Waals surface area contributed by atoms with E-state index in [-0.39, 0.29) is 0 Å². The lowest BCUT2D eigenvalue weighted by atomic mass is 10.1. The summed E-state index contributed by atoms with van der Waals surface area (Å²) in [6.07, 6.45) is -1.53. The quantitative estimate of drug-likeness (QED) is 0.825. The SMILES string of the molecule is COc1ncncc1-c1ccc(C(F)(F)F)cc1. The van der Waals surface area contributed by atoms with Crippen molar-refractivity contribution in [2.75, 3.05) is 7.11 Å². The number of hydrogen-bond acceptors (Lipinski definition) is 3. The van der Waals surface area contributed by atoms with E-state index in [9.17, 15) is 13.2 Å². The average Bonchev–Trinajstić information content (AvgIpc) is 2.38. The predicted octanol–water partition coefficient (Wildman–Crippen LogP) is 3.17. The van der Waals surface area contributed by atoms with Gasteiger partial charge in [-0.3, -0.25) is 0 Å². The number of ether oxygens (including phenoxy) is 1. The Morgan fingerprint density at radius 1 is 1.11 bits per heavy atom.